The summed E-state index contributed by atoms with van der Waals surface area (Å²) in [4.78, 5) is 23.1. The van der Waals surface area contributed by atoms with Crippen molar-refractivity contribution in [2.24, 2.45) is 11.7 Å². The lowest BCUT2D eigenvalue weighted by atomic mass is 9.99. The molecule has 1 rings (SSSR count). The highest BCUT2D eigenvalue weighted by molar-refractivity contribution is 5.83. The van der Waals surface area contributed by atoms with Gasteiger partial charge in [-0.05, 0) is 24.3 Å². The van der Waals surface area contributed by atoms with Gasteiger partial charge in [-0.3, -0.25) is 4.79 Å². The topological polar surface area (TPSA) is 113 Å². The van der Waals surface area contributed by atoms with Crippen molar-refractivity contribution in [2.45, 2.75) is 44.9 Å². The molecule has 0 heterocycles. The third-order valence-electron chi connectivity index (χ3n) is 3.32. The van der Waals surface area contributed by atoms with E-state index in [0.29, 0.717) is 6.42 Å². The van der Waals surface area contributed by atoms with Crippen molar-refractivity contribution in [3.8, 4) is 0 Å². The summed E-state index contributed by atoms with van der Waals surface area (Å²) >= 11 is 0. The largest absolute Gasteiger partial charge is 0.479 e. The highest BCUT2D eigenvalue weighted by Crippen LogP contribution is 2.08. The van der Waals surface area contributed by atoms with E-state index in [-0.39, 0.29) is 12.3 Å². The van der Waals surface area contributed by atoms with Gasteiger partial charge in [0.15, 0.2) is 6.10 Å². The number of aliphatic hydroxyl groups excluding tert-OH is 1. The van der Waals surface area contributed by atoms with Crippen molar-refractivity contribution in [1.82, 2.24) is 5.32 Å². The Hall–Kier alpha value is -1.92. The van der Waals surface area contributed by atoms with Crippen LogP contribution in [0, 0.1) is 5.92 Å². The summed E-state index contributed by atoms with van der Waals surface area (Å²) < 4.78 is 0. The third-order valence-corrected chi connectivity index (χ3v) is 3.32. The van der Waals surface area contributed by atoms with E-state index in [2.05, 4.69) is 5.32 Å². The number of carboxylic acid groups (broad SMARTS) is 1. The maximum atomic E-state index is 12.1. The Morgan fingerprint density at radius 1 is 1.23 bits per heavy atom. The van der Waals surface area contributed by atoms with Crippen LogP contribution < -0.4 is 11.1 Å². The Morgan fingerprint density at radius 3 is 2.32 bits per heavy atom. The summed E-state index contributed by atoms with van der Waals surface area (Å²) in [5, 5.41) is 21.4. The molecule has 5 N–H and O–H groups in total. The number of rotatable bonds is 8. The zero-order valence-electron chi connectivity index (χ0n) is 12.9. The number of aliphatic hydroxyl groups is 1. The molecule has 1 aromatic rings. The maximum absolute atomic E-state index is 12.1. The van der Waals surface area contributed by atoms with E-state index < -0.39 is 30.1 Å². The summed E-state index contributed by atoms with van der Waals surface area (Å²) in [6.07, 6.45) is -0.975. The normalized spacial score (nSPS) is 15.1. The first kappa shape index (κ1) is 18.1. The van der Waals surface area contributed by atoms with Gasteiger partial charge in [0.2, 0.25) is 5.91 Å². The second kappa shape index (κ2) is 8.51. The van der Waals surface area contributed by atoms with E-state index in [1.807, 2.05) is 44.2 Å². The summed E-state index contributed by atoms with van der Waals surface area (Å²) in [5.41, 5.74) is 6.62. The number of carbonyl (C=O) groups excluding carboxylic acids is 1. The summed E-state index contributed by atoms with van der Waals surface area (Å²) in [5.74, 6) is -1.58. The van der Waals surface area contributed by atoms with Gasteiger partial charge in [0, 0.05) is 0 Å². The van der Waals surface area contributed by atoms with Crippen LogP contribution in [-0.4, -0.2) is 40.3 Å². The Bertz CT molecular complexity index is 490. The van der Waals surface area contributed by atoms with Gasteiger partial charge in [-0.1, -0.05) is 44.2 Å². The second-order valence-electron chi connectivity index (χ2n) is 5.82. The lowest BCUT2D eigenvalue weighted by Gasteiger charge is -2.24. The van der Waals surface area contributed by atoms with Crippen LogP contribution in [0.3, 0.4) is 0 Å². The highest BCUT2D eigenvalue weighted by atomic mass is 16.4. The lowest BCUT2D eigenvalue weighted by molar-refractivity contribution is -0.148. The van der Waals surface area contributed by atoms with Gasteiger partial charge in [-0.2, -0.15) is 0 Å². The fraction of sp³-hybridized carbons (Fsp3) is 0.500. The van der Waals surface area contributed by atoms with Crippen LogP contribution in [0.15, 0.2) is 30.3 Å². The number of hydrogen-bond acceptors (Lipinski definition) is 4. The molecule has 1 amide bonds. The average molecular weight is 308 g/mol. The molecule has 2 unspecified atom stereocenters. The SMILES string of the molecule is CC(C)CC(N)C(=O)NC(Cc1ccccc1)[C@H](O)C(=O)O. The summed E-state index contributed by atoms with van der Waals surface area (Å²) in [6.45, 7) is 3.89. The minimum absolute atomic E-state index is 0.217. The third kappa shape index (κ3) is 5.83. The molecular weight excluding hydrogens is 284 g/mol. The highest BCUT2D eigenvalue weighted by Gasteiger charge is 2.29. The molecule has 0 aliphatic carbocycles. The van der Waals surface area contributed by atoms with Crippen molar-refractivity contribution in [2.75, 3.05) is 0 Å². The van der Waals surface area contributed by atoms with E-state index in [4.69, 9.17) is 10.8 Å². The predicted molar refractivity (Wildman–Crippen MR) is 83.1 cm³/mol. The van der Waals surface area contributed by atoms with E-state index >= 15 is 0 Å². The number of nitrogens with one attached hydrogen (secondary N) is 1. The number of amides is 1. The fourth-order valence-electron chi connectivity index (χ4n) is 2.19. The molecule has 0 aromatic heterocycles. The minimum Gasteiger partial charge on any atom is -0.479 e. The van der Waals surface area contributed by atoms with Crippen LogP contribution in [0.5, 0.6) is 0 Å². The molecular formula is C16H24N2O4. The van der Waals surface area contributed by atoms with Crippen molar-refractivity contribution in [3.05, 3.63) is 35.9 Å². The Kier molecular flexibility index (Phi) is 7.01. The van der Waals surface area contributed by atoms with Crippen LogP contribution >= 0.6 is 0 Å². The van der Waals surface area contributed by atoms with Gasteiger partial charge in [-0.15, -0.1) is 0 Å². The number of carbonyl (C=O) groups is 2. The molecule has 122 valence electrons. The van der Waals surface area contributed by atoms with E-state index in [1.54, 1.807) is 0 Å². The van der Waals surface area contributed by atoms with E-state index in [9.17, 15) is 14.7 Å². The Morgan fingerprint density at radius 2 is 1.82 bits per heavy atom. The fourth-order valence-corrected chi connectivity index (χ4v) is 2.19. The number of nitrogens with two attached hydrogens (primary N) is 1. The van der Waals surface area contributed by atoms with Gasteiger partial charge in [0.1, 0.15) is 0 Å². The molecule has 0 saturated carbocycles. The zero-order chi connectivity index (χ0) is 16.7. The second-order valence-corrected chi connectivity index (χ2v) is 5.82. The molecule has 6 heteroatoms. The van der Waals surface area contributed by atoms with Gasteiger partial charge in [0.25, 0.3) is 0 Å². The molecule has 0 aliphatic heterocycles. The Balaban J connectivity index is 2.78. The van der Waals surface area contributed by atoms with Crippen molar-refractivity contribution >= 4 is 11.9 Å². The first-order chi connectivity index (χ1) is 10.3. The molecule has 6 nitrogen and oxygen atoms in total. The molecule has 3 atom stereocenters. The smallest absolute Gasteiger partial charge is 0.334 e. The number of aliphatic carboxylic acids is 1. The zero-order valence-corrected chi connectivity index (χ0v) is 12.9. The quantitative estimate of drug-likeness (QED) is 0.559. The van der Waals surface area contributed by atoms with E-state index in [1.165, 1.54) is 0 Å². The van der Waals surface area contributed by atoms with Crippen molar-refractivity contribution < 1.29 is 19.8 Å². The molecule has 0 fully saturated rings. The maximum Gasteiger partial charge on any atom is 0.334 e. The van der Waals surface area contributed by atoms with Gasteiger partial charge >= 0.3 is 5.97 Å². The molecule has 0 saturated heterocycles. The number of benzene rings is 1. The van der Waals surface area contributed by atoms with Crippen molar-refractivity contribution in [3.63, 3.8) is 0 Å². The minimum atomic E-state index is -1.68. The first-order valence-electron chi connectivity index (χ1n) is 7.32. The number of carboxylic acids is 1. The van der Waals surface area contributed by atoms with Crippen molar-refractivity contribution in [1.29, 1.82) is 0 Å². The Labute approximate surface area is 130 Å². The predicted octanol–water partition coefficient (Wildman–Crippen LogP) is 0.533. The molecule has 0 bridgehead atoms. The molecule has 0 aliphatic rings. The summed E-state index contributed by atoms with van der Waals surface area (Å²) in [6, 6.07) is 7.43. The van der Waals surface area contributed by atoms with Crippen LogP contribution in [0.4, 0.5) is 0 Å². The molecule has 22 heavy (non-hydrogen) atoms. The van der Waals surface area contributed by atoms with E-state index in [0.717, 1.165) is 5.56 Å². The van der Waals surface area contributed by atoms with Crippen LogP contribution in [0.1, 0.15) is 25.8 Å². The molecule has 1 aromatic carbocycles. The lowest BCUT2D eigenvalue weighted by Crippen LogP contribution is -2.53. The standard InChI is InChI=1S/C16H24N2O4/c1-10(2)8-12(17)15(20)18-13(14(19)16(21)22)9-11-6-4-3-5-7-11/h3-7,10,12-14,19H,8-9,17H2,1-2H3,(H,18,20)(H,21,22)/t12?,13?,14-/m0/s1. The first-order valence-corrected chi connectivity index (χ1v) is 7.32. The number of hydrogen-bond donors (Lipinski definition) is 4. The average Bonchev–Trinajstić information content (AvgIpc) is 2.45. The molecule has 0 radical (unpaired) electrons. The van der Waals surface area contributed by atoms with Gasteiger partial charge in [0.05, 0.1) is 12.1 Å². The van der Waals surface area contributed by atoms with Crippen LogP contribution in [-0.2, 0) is 16.0 Å². The monoisotopic (exact) mass is 308 g/mol. The van der Waals surface area contributed by atoms with Crippen LogP contribution in [0.2, 0.25) is 0 Å². The van der Waals surface area contributed by atoms with Crippen LogP contribution in [0.25, 0.3) is 0 Å². The van der Waals surface area contributed by atoms with Gasteiger partial charge < -0.3 is 21.3 Å². The molecule has 0 spiro atoms. The van der Waals surface area contributed by atoms with Gasteiger partial charge in [-0.25, -0.2) is 4.79 Å². The summed E-state index contributed by atoms with van der Waals surface area (Å²) in [7, 11) is 0.